The van der Waals surface area contributed by atoms with Crippen LogP contribution in [0.4, 0.5) is 10.3 Å². The first-order valence-corrected chi connectivity index (χ1v) is 11.8. The van der Waals surface area contributed by atoms with Crippen LogP contribution in [0.2, 0.25) is 0 Å². The van der Waals surface area contributed by atoms with E-state index in [0.29, 0.717) is 34.4 Å². The number of H-pyrrole nitrogens is 1. The average molecular weight is 481 g/mol. The Morgan fingerprint density at radius 2 is 1.86 bits per heavy atom. The molecule has 1 saturated carbocycles. The van der Waals surface area contributed by atoms with Crippen LogP contribution in [-0.2, 0) is 14.3 Å². The minimum Gasteiger partial charge on any atom is -0.353 e. The summed E-state index contributed by atoms with van der Waals surface area (Å²) in [5.41, 5.74) is 1.78. The molecule has 1 aliphatic carbocycles. The van der Waals surface area contributed by atoms with Crippen molar-refractivity contribution >= 4 is 11.9 Å². The molecule has 2 aromatic heterocycles. The Balaban J connectivity index is 1.43. The van der Waals surface area contributed by atoms with E-state index in [-0.39, 0.29) is 37.0 Å². The molecule has 0 radical (unpaired) electrons. The van der Waals surface area contributed by atoms with Gasteiger partial charge in [0.1, 0.15) is 5.82 Å². The number of benzene rings is 1. The fourth-order valence-corrected chi connectivity index (χ4v) is 3.82. The third kappa shape index (κ3) is 5.18. The van der Waals surface area contributed by atoms with Gasteiger partial charge >= 0.3 is 0 Å². The van der Waals surface area contributed by atoms with Crippen molar-refractivity contribution in [1.82, 2.24) is 25.3 Å². The van der Waals surface area contributed by atoms with Gasteiger partial charge in [0.2, 0.25) is 18.1 Å². The van der Waals surface area contributed by atoms with Gasteiger partial charge < -0.3 is 25.1 Å². The van der Waals surface area contributed by atoms with Gasteiger partial charge in [-0.2, -0.15) is 0 Å². The monoisotopic (exact) mass is 480 g/mol. The minimum absolute atomic E-state index is 0.0586. The second kappa shape index (κ2) is 9.35. The summed E-state index contributed by atoms with van der Waals surface area (Å²) in [7, 11) is 0. The van der Waals surface area contributed by atoms with Crippen LogP contribution in [-0.4, -0.2) is 51.1 Å². The van der Waals surface area contributed by atoms with Crippen molar-refractivity contribution in [3.05, 3.63) is 48.2 Å². The third-order valence-electron chi connectivity index (χ3n) is 5.96. The number of halogens is 1. The Hall–Kier alpha value is -3.37. The van der Waals surface area contributed by atoms with Crippen LogP contribution in [0.15, 0.2) is 36.5 Å². The number of carbonyl (C=O) groups excluding carboxylic acids is 1. The van der Waals surface area contributed by atoms with Crippen LogP contribution in [0.5, 0.6) is 0 Å². The molecule has 0 atom stereocenters. The Bertz CT molecular complexity index is 1200. The molecule has 1 amide bonds. The number of aromatic nitrogens is 4. The third-order valence-corrected chi connectivity index (χ3v) is 5.96. The summed E-state index contributed by atoms with van der Waals surface area (Å²) in [5, 5.41) is 6.22. The van der Waals surface area contributed by atoms with E-state index in [1.807, 2.05) is 20.8 Å². The first kappa shape index (κ1) is 23.4. The summed E-state index contributed by atoms with van der Waals surface area (Å²) in [5.74, 6) is 0.540. The van der Waals surface area contributed by atoms with E-state index >= 15 is 0 Å². The van der Waals surface area contributed by atoms with E-state index in [9.17, 15) is 9.18 Å². The van der Waals surface area contributed by atoms with Crippen molar-refractivity contribution in [2.45, 2.75) is 52.0 Å². The van der Waals surface area contributed by atoms with Crippen LogP contribution in [0, 0.1) is 11.2 Å². The Morgan fingerprint density at radius 1 is 1.14 bits per heavy atom. The van der Waals surface area contributed by atoms with Gasteiger partial charge in [0.25, 0.3) is 0 Å². The van der Waals surface area contributed by atoms with Gasteiger partial charge in [-0.1, -0.05) is 0 Å². The number of anilines is 1. The molecule has 0 unspecified atom stereocenters. The number of hydrogen-bond acceptors (Lipinski definition) is 7. The number of nitrogens with one attached hydrogen (secondary N) is 3. The summed E-state index contributed by atoms with van der Waals surface area (Å²) in [6, 6.07) is 8.30. The molecule has 35 heavy (non-hydrogen) atoms. The number of nitrogens with zero attached hydrogens (tertiary/aromatic N) is 3. The van der Waals surface area contributed by atoms with Crippen LogP contribution in [0.1, 0.15) is 45.7 Å². The van der Waals surface area contributed by atoms with Gasteiger partial charge in [0, 0.05) is 23.8 Å². The summed E-state index contributed by atoms with van der Waals surface area (Å²) in [6.45, 7) is 6.25. The van der Waals surface area contributed by atoms with E-state index in [1.54, 1.807) is 24.4 Å². The average Bonchev–Trinajstić information content (AvgIpc) is 3.54. The lowest BCUT2D eigenvalue weighted by Crippen LogP contribution is -2.49. The van der Waals surface area contributed by atoms with Crippen molar-refractivity contribution in [2.24, 2.45) is 5.41 Å². The van der Waals surface area contributed by atoms with Gasteiger partial charge in [-0.25, -0.2) is 19.3 Å². The normalized spacial score (nSPS) is 22.3. The molecule has 0 bridgehead atoms. The van der Waals surface area contributed by atoms with Gasteiger partial charge in [0.05, 0.1) is 35.7 Å². The highest BCUT2D eigenvalue weighted by atomic mass is 19.1. The van der Waals surface area contributed by atoms with Crippen LogP contribution in [0.3, 0.4) is 0 Å². The van der Waals surface area contributed by atoms with Gasteiger partial charge in [-0.3, -0.25) is 4.79 Å². The quantitative estimate of drug-likeness (QED) is 0.471. The smallest absolute Gasteiger partial charge is 0.230 e. The predicted octanol–water partition coefficient (Wildman–Crippen LogP) is 3.82. The molecule has 2 aliphatic rings. The van der Waals surface area contributed by atoms with E-state index in [1.165, 1.54) is 12.1 Å². The first-order chi connectivity index (χ1) is 16.8. The number of amides is 1. The molecule has 1 saturated heterocycles. The molecule has 10 heteroatoms. The second-order valence-corrected chi connectivity index (χ2v) is 9.68. The number of carbonyl (C=O) groups is 1. The summed E-state index contributed by atoms with van der Waals surface area (Å²) >= 11 is 0. The van der Waals surface area contributed by atoms with Crippen molar-refractivity contribution in [3.63, 3.8) is 0 Å². The molecule has 3 N–H and O–H groups in total. The maximum Gasteiger partial charge on any atom is 0.230 e. The fourth-order valence-electron chi connectivity index (χ4n) is 3.82. The molecule has 0 spiro atoms. The lowest BCUT2D eigenvalue weighted by molar-refractivity contribution is -0.231. The largest absolute Gasteiger partial charge is 0.353 e. The first-order valence-electron chi connectivity index (χ1n) is 11.8. The Kier molecular flexibility index (Phi) is 6.24. The SMILES string of the molecule is CC(C)Nc1nccc(-c2[nH]c(C3OCC(C)(C(=O)NC4CC4)CO3)nc2-c2ccc(F)cc2)n1. The van der Waals surface area contributed by atoms with Crippen LogP contribution in [0.25, 0.3) is 22.6 Å². The molecule has 2 fully saturated rings. The molecular formula is C25H29FN6O3. The van der Waals surface area contributed by atoms with Crippen LogP contribution < -0.4 is 10.6 Å². The van der Waals surface area contributed by atoms with Crippen molar-refractivity contribution in [1.29, 1.82) is 0 Å². The van der Waals surface area contributed by atoms with Gasteiger partial charge in [-0.15, -0.1) is 0 Å². The van der Waals surface area contributed by atoms with E-state index in [4.69, 9.17) is 14.5 Å². The fraction of sp³-hybridized carbons (Fsp3) is 0.440. The summed E-state index contributed by atoms with van der Waals surface area (Å²) in [6.07, 6.45) is 2.93. The lowest BCUT2D eigenvalue weighted by Gasteiger charge is -2.35. The molecule has 5 rings (SSSR count). The zero-order chi connectivity index (χ0) is 24.6. The highest BCUT2D eigenvalue weighted by Crippen LogP contribution is 2.36. The molecule has 3 aromatic rings. The number of rotatable bonds is 7. The van der Waals surface area contributed by atoms with Gasteiger partial charge in [-0.05, 0) is 63.9 Å². The number of imidazole rings is 1. The second-order valence-electron chi connectivity index (χ2n) is 9.68. The maximum atomic E-state index is 13.6. The Morgan fingerprint density at radius 3 is 2.51 bits per heavy atom. The standard InChI is InChI=1S/C25H29FN6O3/c1-14(2)28-24-27-11-10-18(30-24)20-19(15-4-6-16(26)7-5-15)31-21(32-20)22-34-12-25(3,13-35-22)23(33)29-17-8-9-17/h4-7,10-11,14,17,22H,8-9,12-13H2,1-3H3,(H,29,33)(H,31,32)(H,27,28,30). The number of ether oxygens (including phenoxy) is 2. The summed E-state index contributed by atoms with van der Waals surface area (Å²) < 4.78 is 25.5. The summed E-state index contributed by atoms with van der Waals surface area (Å²) in [4.78, 5) is 29.6. The zero-order valence-corrected chi connectivity index (χ0v) is 20.0. The topological polar surface area (TPSA) is 114 Å². The van der Waals surface area contributed by atoms with Gasteiger partial charge in [0.15, 0.2) is 5.82 Å². The minimum atomic E-state index is -0.778. The van der Waals surface area contributed by atoms with E-state index < -0.39 is 11.7 Å². The highest BCUT2D eigenvalue weighted by molar-refractivity contribution is 5.83. The number of hydrogen-bond donors (Lipinski definition) is 3. The molecule has 3 heterocycles. The molecule has 1 aliphatic heterocycles. The van der Waals surface area contributed by atoms with Crippen molar-refractivity contribution in [3.8, 4) is 22.6 Å². The maximum absolute atomic E-state index is 13.6. The van der Waals surface area contributed by atoms with E-state index in [2.05, 4.69) is 25.6 Å². The zero-order valence-electron chi connectivity index (χ0n) is 20.0. The molecular weight excluding hydrogens is 451 g/mol. The molecule has 9 nitrogen and oxygen atoms in total. The highest BCUT2D eigenvalue weighted by Gasteiger charge is 2.42. The molecule has 1 aromatic carbocycles. The Labute approximate surface area is 202 Å². The number of aromatic amines is 1. The van der Waals surface area contributed by atoms with Crippen molar-refractivity contribution < 1.29 is 18.7 Å². The molecule has 184 valence electrons. The van der Waals surface area contributed by atoms with E-state index in [0.717, 1.165) is 12.8 Å². The van der Waals surface area contributed by atoms with Crippen molar-refractivity contribution in [2.75, 3.05) is 18.5 Å². The predicted molar refractivity (Wildman–Crippen MR) is 128 cm³/mol. The lowest BCUT2D eigenvalue weighted by atomic mass is 9.91. The van der Waals surface area contributed by atoms with Crippen LogP contribution >= 0.6 is 0 Å².